The lowest BCUT2D eigenvalue weighted by molar-refractivity contribution is 0.0730. The van der Waals surface area contributed by atoms with Gasteiger partial charge in [-0.05, 0) is 57.4 Å². The number of amides is 1. The van der Waals surface area contributed by atoms with E-state index in [1.165, 1.54) is 0 Å². The molecule has 27 heavy (non-hydrogen) atoms. The monoisotopic (exact) mass is 364 g/mol. The number of carbonyl (C=O) groups is 1. The summed E-state index contributed by atoms with van der Waals surface area (Å²) in [4.78, 5) is 15.1. The number of carbonyl (C=O) groups excluding carboxylic acids is 1. The fourth-order valence-electron chi connectivity index (χ4n) is 3.84. The van der Waals surface area contributed by atoms with Gasteiger partial charge in [0.2, 0.25) is 0 Å². The molecule has 1 aliphatic heterocycles. The summed E-state index contributed by atoms with van der Waals surface area (Å²) < 4.78 is 7.18. The Balaban J connectivity index is 1.56. The summed E-state index contributed by atoms with van der Waals surface area (Å²) in [6.07, 6.45) is 1.90. The van der Waals surface area contributed by atoms with Gasteiger partial charge in [0.05, 0.1) is 18.3 Å². The van der Waals surface area contributed by atoms with Crippen molar-refractivity contribution in [2.45, 2.75) is 46.2 Å². The van der Waals surface area contributed by atoms with Crippen LogP contribution in [-0.4, -0.2) is 32.3 Å². The molecule has 2 aromatic heterocycles. The first kappa shape index (κ1) is 17.5. The van der Waals surface area contributed by atoms with Crippen molar-refractivity contribution in [1.29, 1.82) is 0 Å². The first-order valence-corrected chi connectivity index (χ1v) is 9.35. The molecule has 1 amide bonds. The lowest BCUT2D eigenvalue weighted by atomic mass is 10.1. The molecule has 140 valence electrons. The van der Waals surface area contributed by atoms with E-state index in [4.69, 9.17) is 4.52 Å². The number of hydrogen-bond donors (Lipinski definition) is 0. The molecule has 1 aromatic carbocycles. The molecule has 0 unspecified atom stereocenters. The van der Waals surface area contributed by atoms with Crippen LogP contribution in [0, 0.1) is 20.8 Å². The quantitative estimate of drug-likeness (QED) is 0.706. The number of aryl methyl sites for hydroxylation is 3. The summed E-state index contributed by atoms with van der Waals surface area (Å²) in [5.74, 6) is 0.824. The molecule has 3 heterocycles. The molecule has 0 aliphatic carbocycles. The zero-order valence-corrected chi connectivity index (χ0v) is 16.0. The summed E-state index contributed by atoms with van der Waals surface area (Å²) in [7, 11) is 0. The van der Waals surface area contributed by atoms with Crippen LogP contribution in [0.3, 0.4) is 0 Å². The van der Waals surface area contributed by atoms with Crippen molar-refractivity contribution in [2.75, 3.05) is 6.54 Å². The highest BCUT2D eigenvalue weighted by Crippen LogP contribution is 2.32. The Bertz CT molecular complexity index is 972. The van der Waals surface area contributed by atoms with E-state index in [9.17, 15) is 4.79 Å². The van der Waals surface area contributed by atoms with Crippen molar-refractivity contribution < 1.29 is 9.32 Å². The fraction of sp³-hybridized carbons (Fsp3) is 0.381. The van der Waals surface area contributed by atoms with Gasteiger partial charge < -0.3 is 9.42 Å². The van der Waals surface area contributed by atoms with E-state index in [-0.39, 0.29) is 11.9 Å². The van der Waals surface area contributed by atoms with Crippen molar-refractivity contribution in [1.82, 2.24) is 19.8 Å². The predicted molar refractivity (Wildman–Crippen MR) is 101 cm³/mol. The first-order valence-electron chi connectivity index (χ1n) is 9.35. The lowest BCUT2D eigenvalue weighted by Crippen LogP contribution is -2.30. The minimum Gasteiger partial charge on any atom is -0.361 e. The molecule has 0 radical (unpaired) electrons. The normalized spacial score (nSPS) is 16.9. The molecule has 6 nitrogen and oxygen atoms in total. The van der Waals surface area contributed by atoms with Crippen LogP contribution in [0.4, 0.5) is 0 Å². The molecular formula is C21H24N4O2. The Kier molecular flexibility index (Phi) is 4.56. The molecule has 3 aromatic rings. The summed E-state index contributed by atoms with van der Waals surface area (Å²) in [6.45, 7) is 7.32. The van der Waals surface area contributed by atoms with Crippen molar-refractivity contribution in [3.05, 3.63) is 70.4 Å². The fourth-order valence-corrected chi connectivity index (χ4v) is 3.84. The molecule has 0 N–H and O–H groups in total. The zero-order valence-electron chi connectivity index (χ0n) is 16.0. The second kappa shape index (κ2) is 7.02. The highest BCUT2D eigenvalue weighted by atomic mass is 16.5. The maximum Gasteiger partial charge on any atom is 0.254 e. The number of aromatic nitrogens is 3. The molecule has 6 heteroatoms. The number of nitrogens with zero attached hydrogens (tertiary/aromatic N) is 4. The molecule has 0 bridgehead atoms. The highest BCUT2D eigenvalue weighted by Gasteiger charge is 2.32. The number of benzene rings is 1. The van der Waals surface area contributed by atoms with Crippen molar-refractivity contribution in [3.63, 3.8) is 0 Å². The average Bonchev–Trinajstić information content (AvgIpc) is 3.35. The zero-order chi connectivity index (χ0) is 19.0. The van der Waals surface area contributed by atoms with Gasteiger partial charge in [0.25, 0.3) is 5.91 Å². The Labute approximate surface area is 158 Å². The summed E-state index contributed by atoms with van der Waals surface area (Å²) in [5, 5.41) is 8.64. The molecule has 4 rings (SSSR count). The third-order valence-corrected chi connectivity index (χ3v) is 5.11. The number of likely N-dealkylation sites (tertiary alicyclic amines) is 1. The minimum atomic E-state index is -0.00499. The van der Waals surface area contributed by atoms with Crippen LogP contribution >= 0.6 is 0 Å². The van der Waals surface area contributed by atoms with Gasteiger partial charge in [-0.15, -0.1) is 0 Å². The molecule has 0 spiro atoms. The third-order valence-electron chi connectivity index (χ3n) is 5.11. The maximum atomic E-state index is 13.2. The van der Waals surface area contributed by atoms with Crippen LogP contribution in [0.5, 0.6) is 0 Å². The van der Waals surface area contributed by atoms with Crippen LogP contribution in [0.2, 0.25) is 0 Å². The van der Waals surface area contributed by atoms with Crippen LogP contribution in [0.15, 0.2) is 40.9 Å². The van der Waals surface area contributed by atoms with E-state index in [1.54, 1.807) is 0 Å². The van der Waals surface area contributed by atoms with Gasteiger partial charge in [-0.1, -0.05) is 17.3 Å². The maximum absolute atomic E-state index is 13.2. The molecule has 1 aliphatic rings. The summed E-state index contributed by atoms with van der Waals surface area (Å²) in [5.41, 5.74) is 4.74. The molecule has 0 saturated carbocycles. The van der Waals surface area contributed by atoms with Crippen molar-refractivity contribution >= 4 is 5.91 Å². The molecule has 1 saturated heterocycles. The van der Waals surface area contributed by atoms with E-state index in [0.29, 0.717) is 12.1 Å². The van der Waals surface area contributed by atoms with E-state index in [1.807, 2.05) is 60.7 Å². The Morgan fingerprint density at radius 3 is 2.78 bits per heavy atom. The Hall–Kier alpha value is -2.89. The lowest BCUT2D eigenvalue weighted by Gasteiger charge is -2.23. The second-order valence-corrected chi connectivity index (χ2v) is 7.30. The van der Waals surface area contributed by atoms with Gasteiger partial charge >= 0.3 is 0 Å². The van der Waals surface area contributed by atoms with Crippen LogP contribution in [0.25, 0.3) is 0 Å². The van der Waals surface area contributed by atoms with E-state index < -0.39 is 0 Å². The van der Waals surface area contributed by atoms with E-state index in [0.717, 1.165) is 47.8 Å². The summed E-state index contributed by atoms with van der Waals surface area (Å²) >= 11 is 0. The first-order chi connectivity index (χ1) is 13.0. The van der Waals surface area contributed by atoms with Crippen LogP contribution < -0.4 is 0 Å². The van der Waals surface area contributed by atoms with Gasteiger partial charge in [-0.2, -0.15) is 5.10 Å². The van der Waals surface area contributed by atoms with Crippen LogP contribution in [-0.2, 0) is 6.54 Å². The standard InChI is InChI=1S/C21H24N4O2/c1-14-10-15(2)25(22-14)13-17-6-4-7-18(12-17)21(26)24-9-5-8-20(24)19-11-16(3)27-23-19/h4,6-7,10-12,20H,5,8-9,13H2,1-3H3/t20-/m0/s1. The highest BCUT2D eigenvalue weighted by molar-refractivity contribution is 5.94. The van der Waals surface area contributed by atoms with Crippen molar-refractivity contribution in [3.8, 4) is 0 Å². The smallest absolute Gasteiger partial charge is 0.254 e. The van der Waals surface area contributed by atoms with E-state index in [2.05, 4.69) is 16.3 Å². The molecule has 1 fully saturated rings. The van der Waals surface area contributed by atoms with Gasteiger partial charge in [-0.25, -0.2) is 0 Å². The van der Waals surface area contributed by atoms with Gasteiger partial charge in [0.1, 0.15) is 11.5 Å². The predicted octanol–water partition coefficient (Wildman–Crippen LogP) is 3.82. The molecule has 1 atom stereocenters. The number of hydrogen-bond acceptors (Lipinski definition) is 4. The summed E-state index contributed by atoms with van der Waals surface area (Å²) in [6, 6.07) is 11.8. The topological polar surface area (TPSA) is 64.2 Å². The minimum absolute atomic E-state index is 0.00499. The Morgan fingerprint density at radius 2 is 2.07 bits per heavy atom. The largest absolute Gasteiger partial charge is 0.361 e. The van der Waals surface area contributed by atoms with Gasteiger partial charge in [0, 0.05) is 23.9 Å². The van der Waals surface area contributed by atoms with Crippen LogP contribution in [0.1, 0.15) is 57.6 Å². The number of rotatable bonds is 4. The second-order valence-electron chi connectivity index (χ2n) is 7.30. The van der Waals surface area contributed by atoms with E-state index >= 15 is 0 Å². The van der Waals surface area contributed by atoms with Gasteiger partial charge in [0.15, 0.2) is 0 Å². The Morgan fingerprint density at radius 1 is 1.22 bits per heavy atom. The molecular weight excluding hydrogens is 340 g/mol. The van der Waals surface area contributed by atoms with Gasteiger partial charge in [-0.3, -0.25) is 9.48 Å². The third kappa shape index (κ3) is 3.52. The average molecular weight is 364 g/mol. The van der Waals surface area contributed by atoms with Crippen molar-refractivity contribution in [2.24, 2.45) is 0 Å². The SMILES string of the molecule is Cc1cc(C)n(Cc2cccc(C(=O)N3CCC[C@H]3c3cc(C)on3)c2)n1.